The smallest absolute Gasteiger partial charge is 0.109 e. The number of nitrogens with zero attached hydrogens (tertiary/aromatic N) is 1. The molecule has 0 spiro atoms. The predicted octanol–water partition coefficient (Wildman–Crippen LogP) is 1.88. The van der Waals surface area contributed by atoms with Crippen LogP contribution in [-0.4, -0.2) is 35.3 Å². The molecule has 0 N–H and O–H groups in total. The monoisotopic (exact) mass is 269 g/mol. The van der Waals surface area contributed by atoms with Crippen molar-refractivity contribution in [1.29, 1.82) is 0 Å². The molecule has 1 saturated heterocycles. The lowest BCUT2D eigenvalue weighted by atomic mass is 10.0. The average Bonchev–Trinajstić information content (AvgIpc) is 1.85. The van der Waals surface area contributed by atoms with E-state index in [1.807, 2.05) is 0 Å². The summed E-state index contributed by atoms with van der Waals surface area (Å²) in [6.07, 6.45) is 2.84. The molecule has 0 bridgehead atoms. The summed E-state index contributed by atoms with van der Waals surface area (Å²) in [6, 6.07) is 0.612. The van der Waals surface area contributed by atoms with Gasteiger partial charge in [0.1, 0.15) is 4.11 Å². The topological polar surface area (TPSA) is 12.5 Å². The first kappa shape index (κ1) is 9.74. The quantitative estimate of drug-likeness (QED) is 0.532. The minimum Gasteiger partial charge on any atom is -0.363 e. The molecule has 0 saturated carbocycles. The minimum atomic E-state index is 0.389. The van der Waals surface area contributed by atoms with Gasteiger partial charge in [0.05, 0.1) is 6.10 Å². The van der Waals surface area contributed by atoms with Crippen molar-refractivity contribution in [2.24, 2.45) is 0 Å². The zero-order valence-corrected chi connectivity index (χ0v) is 9.54. The van der Waals surface area contributed by atoms with E-state index in [4.69, 9.17) is 4.74 Å². The zero-order chi connectivity index (χ0) is 8.43. The highest BCUT2D eigenvalue weighted by atomic mass is 127. The fourth-order valence-corrected chi connectivity index (χ4v) is 2.43. The molecule has 2 nitrogen and oxygen atoms in total. The Hall–Kier alpha value is 0.650. The van der Waals surface area contributed by atoms with Gasteiger partial charge >= 0.3 is 0 Å². The van der Waals surface area contributed by atoms with Crippen LogP contribution in [0.25, 0.3) is 0 Å². The third-order valence-electron chi connectivity index (χ3n) is 2.26. The molecule has 0 aromatic heterocycles. The maximum Gasteiger partial charge on any atom is 0.109 e. The lowest BCUT2D eigenvalue weighted by molar-refractivity contribution is -0.0359. The fourth-order valence-electron chi connectivity index (χ4n) is 1.61. The van der Waals surface area contributed by atoms with Gasteiger partial charge in [-0.15, -0.1) is 0 Å². The molecule has 3 atom stereocenters. The van der Waals surface area contributed by atoms with E-state index in [1.54, 1.807) is 0 Å². The highest BCUT2D eigenvalue weighted by Gasteiger charge is 2.27. The summed E-state index contributed by atoms with van der Waals surface area (Å²) in [4.78, 5) is 2.26. The second kappa shape index (κ2) is 4.05. The summed E-state index contributed by atoms with van der Waals surface area (Å²) in [5.74, 6) is 0. The van der Waals surface area contributed by atoms with Crippen molar-refractivity contribution < 1.29 is 4.74 Å². The summed E-state index contributed by atoms with van der Waals surface area (Å²) in [5, 5.41) is 0. The van der Waals surface area contributed by atoms with Gasteiger partial charge in [0.25, 0.3) is 0 Å². The van der Waals surface area contributed by atoms with Gasteiger partial charge in [-0.2, -0.15) is 0 Å². The van der Waals surface area contributed by atoms with E-state index in [-0.39, 0.29) is 0 Å². The van der Waals surface area contributed by atoms with Gasteiger partial charge in [0, 0.05) is 6.04 Å². The average molecular weight is 269 g/mol. The third-order valence-corrected chi connectivity index (χ3v) is 3.17. The number of likely N-dealkylation sites (N-methyl/N-ethyl adjacent to an activating group) is 1. The van der Waals surface area contributed by atoms with Crippen molar-refractivity contribution in [1.82, 2.24) is 4.90 Å². The Balaban J connectivity index is 2.44. The minimum absolute atomic E-state index is 0.389. The van der Waals surface area contributed by atoms with Crippen molar-refractivity contribution in [3.63, 3.8) is 0 Å². The Kier molecular flexibility index (Phi) is 3.58. The first-order valence-electron chi connectivity index (χ1n) is 4.07. The summed E-state index contributed by atoms with van der Waals surface area (Å²) < 4.78 is 6.13. The van der Waals surface area contributed by atoms with Crippen molar-refractivity contribution >= 4 is 22.6 Å². The summed E-state index contributed by atoms with van der Waals surface area (Å²) in [7, 11) is 4.25. The number of hydrogen-bond donors (Lipinski definition) is 0. The normalized spacial score (nSPS) is 39.5. The van der Waals surface area contributed by atoms with Crippen molar-refractivity contribution in [2.45, 2.75) is 36.0 Å². The van der Waals surface area contributed by atoms with Gasteiger partial charge in [-0.25, -0.2) is 0 Å². The molecule has 1 heterocycles. The largest absolute Gasteiger partial charge is 0.363 e. The Morgan fingerprint density at radius 3 is 2.45 bits per heavy atom. The van der Waals surface area contributed by atoms with E-state index in [1.165, 1.54) is 12.8 Å². The molecule has 1 aliphatic heterocycles. The molecule has 0 unspecified atom stereocenters. The maximum atomic E-state index is 5.71. The number of halogens is 1. The Bertz CT molecular complexity index is 129. The molecule has 0 radical (unpaired) electrons. The fraction of sp³-hybridized carbons (Fsp3) is 1.00. The Labute approximate surface area is 82.4 Å². The highest BCUT2D eigenvalue weighted by molar-refractivity contribution is 14.1. The highest BCUT2D eigenvalue weighted by Crippen LogP contribution is 2.25. The van der Waals surface area contributed by atoms with Gasteiger partial charge in [0.15, 0.2) is 0 Å². The molecule has 0 aromatic rings. The SMILES string of the molecule is C[C@H]1O[C@@H](I)CC[C@@H]1N(C)C. The number of rotatable bonds is 1. The summed E-state index contributed by atoms with van der Waals surface area (Å²) in [5.41, 5.74) is 0. The van der Waals surface area contributed by atoms with Crippen molar-refractivity contribution in [3.05, 3.63) is 0 Å². The van der Waals surface area contributed by atoms with Crippen molar-refractivity contribution in [2.75, 3.05) is 14.1 Å². The number of ether oxygens (including phenoxy) is 1. The van der Waals surface area contributed by atoms with Crippen LogP contribution in [0.1, 0.15) is 19.8 Å². The molecule has 3 heteroatoms. The molecule has 0 aromatic carbocycles. The van der Waals surface area contributed by atoms with Crippen LogP contribution in [0.15, 0.2) is 0 Å². The molecule has 1 aliphatic rings. The number of hydrogen-bond acceptors (Lipinski definition) is 2. The second-order valence-corrected chi connectivity index (χ2v) is 4.75. The van der Waals surface area contributed by atoms with E-state index in [0.717, 1.165) is 0 Å². The lowest BCUT2D eigenvalue weighted by Gasteiger charge is -2.36. The van der Waals surface area contributed by atoms with Crippen LogP contribution in [0.4, 0.5) is 0 Å². The second-order valence-electron chi connectivity index (χ2n) is 3.36. The molecular formula is C8H16INO. The van der Waals surface area contributed by atoms with E-state index in [9.17, 15) is 0 Å². The molecule has 66 valence electrons. The maximum absolute atomic E-state index is 5.71. The number of alkyl halides is 1. The van der Waals surface area contributed by atoms with Crippen LogP contribution >= 0.6 is 22.6 Å². The van der Waals surface area contributed by atoms with Gasteiger partial charge in [0.2, 0.25) is 0 Å². The van der Waals surface area contributed by atoms with E-state index in [0.29, 0.717) is 16.3 Å². The van der Waals surface area contributed by atoms with Gasteiger partial charge in [-0.3, -0.25) is 0 Å². The molecule has 1 fully saturated rings. The third kappa shape index (κ3) is 2.56. The van der Waals surface area contributed by atoms with Crippen LogP contribution in [0, 0.1) is 0 Å². The molecule has 0 aliphatic carbocycles. The lowest BCUT2D eigenvalue weighted by Crippen LogP contribution is -2.43. The van der Waals surface area contributed by atoms with Crippen LogP contribution in [0.2, 0.25) is 0 Å². The van der Waals surface area contributed by atoms with Gasteiger partial charge in [-0.05, 0) is 33.9 Å². The summed E-state index contributed by atoms with van der Waals surface area (Å²) in [6.45, 7) is 2.16. The first-order valence-corrected chi connectivity index (χ1v) is 5.32. The first-order chi connectivity index (χ1) is 5.11. The molecule has 11 heavy (non-hydrogen) atoms. The van der Waals surface area contributed by atoms with Gasteiger partial charge < -0.3 is 9.64 Å². The Morgan fingerprint density at radius 2 is 2.00 bits per heavy atom. The summed E-state index contributed by atoms with van der Waals surface area (Å²) >= 11 is 2.36. The van der Waals surface area contributed by atoms with Crippen LogP contribution in [0.3, 0.4) is 0 Å². The predicted molar refractivity (Wildman–Crippen MR) is 55.1 cm³/mol. The molecular weight excluding hydrogens is 253 g/mol. The molecule has 0 amide bonds. The van der Waals surface area contributed by atoms with Crippen LogP contribution in [0.5, 0.6) is 0 Å². The van der Waals surface area contributed by atoms with E-state index >= 15 is 0 Å². The standard InChI is InChI=1S/C8H16INO/c1-6-7(10(2)3)4-5-8(9)11-6/h6-8H,4-5H2,1-3H3/t6-,7+,8-/m1/s1. The van der Waals surface area contributed by atoms with Crippen molar-refractivity contribution in [3.8, 4) is 0 Å². The Morgan fingerprint density at radius 1 is 1.36 bits per heavy atom. The molecule has 1 rings (SSSR count). The zero-order valence-electron chi connectivity index (χ0n) is 7.38. The van der Waals surface area contributed by atoms with E-state index < -0.39 is 0 Å². The van der Waals surface area contributed by atoms with E-state index in [2.05, 4.69) is 48.5 Å². The van der Waals surface area contributed by atoms with Gasteiger partial charge in [-0.1, -0.05) is 22.6 Å². The van der Waals surface area contributed by atoms with Crippen LogP contribution < -0.4 is 0 Å². The van der Waals surface area contributed by atoms with Crippen LogP contribution in [-0.2, 0) is 4.74 Å².